The summed E-state index contributed by atoms with van der Waals surface area (Å²) < 4.78 is 17.2. The lowest BCUT2D eigenvalue weighted by molar-refractivity contribution is -0.122. The van der Waals surface area contributed by atoms with Crippen molar-refractivity contribution in [3.8, 4) is 11.8 Å². The van der Waals surface area contributed by atoms with Crippen molar-refractivity contribution in [3.63, 3.8) is 0 Å². The maximum atomic E-state index is 11.6. The van der Waals surface area contributed by atoms with Crippen LogP contribution in [0, 0.1) is 17.8 Å². The normalized spacial score (nSPS) is 12.5. The van der Waals surface area contributed by atoms with E-state index in [1.165, 1.54) is 0 Å². The van der Waals surface area contributed by atoms with E-state index in [2.05, 4.69) is 43.2 Å². The SMILES string of the molecule is CNCCCC(OCCOCCOCCC(=O)NCC#CC(C)C)SSC(C)(C)C. The quantitative estimate of drug-likeness (QED) is 0.148. The number of amides is 1. The molecule has 1 atom stereocenters. The van der Waals surface area contributed by atoms with Crippen molar-refractivity contribution in [3.05, 3.63) is 0 Å². The molecule has 0 saturated carbocycles. The summed E-state index contributed by atoms with van der Waals surface area (Å²) in [5, 5.41) is 5.94. The lowest BCUT2D eigenvalue weighted by Gasteiger charge is -2.22. The third-order valence-corrected chi connectivity index (χ3v) is 7.03. The molecule has 0 radical (unpaired) electrons. The van der Waals surface area contributed by atoms with Crippen molar-refractivity contribution >= 4 is 27.5 Å². The molecule has 30 heavy (non-hydrogen) atoms. The molecule has 6 nitrogen and oxygen atoms in total. The van der Waals surface area contributed by atoms with Gasteiger partial charge >= 0.3 is 0 Å². The molecule has 0 aromatic carbocycles. The Morgan fingerprint density at radius 2 is 1.73 bits per heavy atom. The Bertz CT molecular complexity index is 488. The second-order valence-corrected chi connectivity index (χ2v) is 11.3. The summed E-state index contributed by atoms with van der Waals surface area (Å²) in [6.07, 6.45) is 2.44. The number of carbonyl (C=O) groups is 1. The van der Waals surface area contributed by atoms with E-state index >= 15 is 0 Å². The first-order valence-corrected chi connectivity index (χ1v) is 13.0. The fraction of sp³-hybridized carbons (Fsp3) is 0.864. The summed E-state index contributed by atoms with van der Waals surface area (Å²) >= 11 is 0. The van der Waals surface area contributed by atoms with Gasteiger partial charge in [-0.05, 0) is 26.4 Å². The van der Waals surface area contributed by atoms with Crippen LogP contribution < -0.4 is 10.6 Å². The first-order valence-electron chi connectivity index (χ1n) is 10.8. The standard InChI is InChI=1S/C22H42N2O4S2/c1-19(2)9-7-13-24-20(25)11-14-26-15-16-27-17-18-28-21(10-8-12-23-6)29-30-22(3,4)5/h19,21,23H,8,10-18H2,1-6H3,(H,24,25). The Morgan fingerprint density at radius 3 is 2.37 bits per heavy atom. The Labute approximate surface area is 192 Å². The molecule has 0 aromatic rings. The molecule has 8 heteroatoms. The van der Waals surface area contributed by atoms with Crippen LogP contribution in [0.2, 0.25) is 0 Å². The summed E-state index contributed by atoms with van der Waals surface area (Å²) in [4.78, 5) is 11.6. The Balaban J connectivity index is 3.70. The molecular weight excluding hydrogens is 420 g/mol. The molecule has 0 rings (SSSR count). The van der Waals surface area contributed by atoms with Gasteiger partial charge in [0.2, 0.25) is 5.91 Å². The predicted octanol–water partition coefficient (Wildman–Crippen LogP) is 3.71. The molecule has 0 aromatic heterocycles. The van der Waals surface area contributed by atoms with Gasteiger partial charge in [-0.1, -0.05) is 68.0 Å². The fourth-order valence-electron chi connectivity index (χ4n) is 2.01. The molecule has 0 fully saturated rings. The molecule has 1 amide bonds. The van der Waals surface area contributed by atoms with Crippen molar-refractivity contribution in [1.82, 2.24) is 10.6 Å². The van der Waals surface area contributed by atoms with Gasteiger partial charge in [-0.2, -0.15) is 0 Å². The van der Waals surface area contributed by atoms with Crippen LogP contribution in [0.25, 0.3) is 0 Å². The van der Waals surface area contributed by atoms with Crippen LogP contribution in [0.3, 0.4) is 0 Å². The minimum Gasteiger partial charge on any atom is -0.379 e. The summed E-state index contributed by atoms with van der Waals surface area (Å²) in [5.74, 6) is 6.21. The van der Waals surface area contributed by atoms with Gasteiger partial charge in [0.25, 0.3) is 0 Å². The third kappa shape index (κ3) is 22.3. The molecule has 0 aliphatic rings. The van der Waals surface area contributed by atoms with E-state index in [9.17, 15) is 4.79 Å². The average molecular weight is 463 g/mol. The van der Waals surface area contributed by atoms with Crippen LogP contribution in [-0.2, 0) is 19.0 Å². The molecule has 2 N–H and O–H groups in total. The maximum Gasteiger partial charge on any atom is 0.223 e. The maximum absolute atomic E-state index is 11.6. The van der Waals surface area contributed by atoms with Crippen molar-refractivity contribution in [2.75, 3.05) is 53.2 Å². The summed E-state index contributed by atoms with van der Waals surface area (Å²) in [7, 11) is 5.63. The van der Waals surface area contributed by atoms with Crippen LogP contribution in [0.5, 0.6) is 0 Å². The zero-order valence-electron chi connectivity index (χ0n) is 19.7. The topological polar surface area (TPSA) is 68.8 Å². The number of rotatable bonds is 17. The van der Waals surface area contributed by atoms with Crippen LogP contribution >= 0.6 is 21.6 Å². The second-order valence-electron chi connectivity index (χ2n) is 8.07. The Hall–Kier alpha value is -0.430. The van der Waals surface area contributed by atoms with Gasteiger partial charge in [-0.25, -0.2) is 0 Å². The second kappa shape index (κ2) is 19.3. The highest BCUT2D eigenvalue weighted by Gasteiger charge is 2.17. The zero-order chi connectivity index (χ0) is 22.7. The minimum atomic E-state index is -0.0442. The fourth-order valence-corrected chi connectivity index (χ4v) is 4.47. The highest BCUT2D eigenvalue weighted by atomic mass is 33.1. The van der Waals surface area contributed by atoms with E-state index in [-0.39, 0.29) is 16.1 Å². The smallest absolute Gasteiger partial charge is 0.223 e. The lowest BCUT2D eigenvalue weighted by Crippen LogP contribution is -2.25. The average Bonchev–Trinajstić information content (AvgIpc) is 2.66. The molecule has 0 spiro atoms. The first kappa shape index (κ1) is 29.6. The van der Waals surface area contributed by atoms with E-state index in [1.807, 2.05) is 31.7 Å². The van der Waals surface area contributed by atoms with Gasteiger partial charge in [-0.3, -0.25) is 4.79 Å². The van der Waals surface area contributed by atoms with Gasteiger partial charge in [0, 0.05) is 17.1 Å². The number of hydrogen-bond donors (Lipinski definition) is 2. The van der Waals surface area contributed by atoms with E-state index in [0.717, 1.165) is 19.4 Å². The van der Waals surface area contributed by atoms with Crippen LogP contribution in [0.15, 0.2) is 0 Å². The van der Waals surface area contributed by atoms with Gasteiger partial charge in [0.05, 0.1) is 39.6 Å². The zero-order valence-corrected chi connectivity index (χ0v) is 21.3. The predicted molar refractivity (Wildman–Crippen MR) is 130 cm³/mol. The molecule has 0 aliphatic carbocycles. The van der Waals surface area contributed by atoms with E-state index in [4.69, 9.17) is 14.2 Å². The van der Waals surface area contributed by atoms with Gasteiger partial charge < -0.3 is 24.8 Å². The lowest BCUT2D eigenvalue weighted by atomic mass is 10.2. The van der Waals surface area contributed by atoms with Gasteiger partial charge in [-0.15, -0.1) is 0 Å². The summed E-state index contributed by atoms with van der Waals surface area (Å²) in [6, 6.07) is 0. The molecule has 1 unspecified atom stereocenters. The van der Waals surface area contributed by atoms with Crippen molar-refractivity contribution in [1.29, 1.82) is 0 Å². The largest absolute Gasteiger partial charge is 0.379 e. The summed E-state index contributed by atoms with van der Waals surface area (Å²) in [6.45, 7) is 14.5. The van der Waals surface area contributed by atoms with Crippen molar-refractivity contribution in [2.45, 2.75) is 64.1 Å². The van der Waals surface area contributed by atoms with Crippen LogP contribution in [-0.4, -0.2) is 69.3 Å². The number of hydrogen-bond acceptors (Lipinski definition) is 7. The number of ether oxygens (including phenoxy) is 3. The van der Waals surface area contributed by atoms with E-state index < -0.39 is 0 Å². The van der Waals surface area contributed by atoms with Crippen molar-refractivity contribution in [2.24, 2.45) is 5.92 Å². The molecule has 0 saturated heterocycles. The van der Waals surface area contributed by atoms with E-state index in [1.54, 1.807) is 10.8 Å². The van der Waals surface area contributed by atoms with Crippen LogP contribution in [0.1, 0.15) is 53.9 Å². The third-order valence-electron chi connectivity index (χ3n) is 3.41. The van der Waals surface area contributed by atoms with E-state index in [0.29, 0.717) is 51.9 Å². The Kier molecular flexibility index (Phi) is 19.0. The monoisotopic (exact) mass is 462 g/mol. The Morgan fingerprint density at radius 1 is 1.07 bits per heavy atom. The minimum absolute atomic E-state index is 0.0442. The van der Waals surface area contributed by atoms with Gasteiger partial charge in [0.1, 0.15) is 5.44 Å². The highest BCUT2D eigenvalue weighted by molar-refractivity contribution is 8.77. The number of nitrogens with one attached hydrogen (secondary N) is 2. The molecule has 176 valence electrons. The molecule has 0 heterocycles. The first-order chi connectivity index (χ1) is 14.2. The molecular formula is C22H42N2O4S2. The van der Waals surface area contributed by atoms with Crippen molar-refractivity contribution < 1.29 is 19.0 Å². The van der Waals surface area contributed by atoms with Gasteiger partial charge in [0.15, 0.2) is 0 Å². The molecule has 0 bridgehead atoms. The highest BCUT2D eigenvalue weighted by Crippen LogP contribution is 2.39. The summed E-state index contributed by atoms with van der Waals surface area (Å²) in [5.41, 5.74) is 0.172. The van der Waals surface area contributed by atoms with Crippen LogP contribution in [0.4, 0.5) is 0 Å². The number of carbonyl (C=O) groups excluding carboxylic acids is 1. The molecule has 0 aliphatic heterocycles.